The van der Waals surface area contributed by atoms with Crippen molar-refractivity contribution >= 4 is 16.6 Å². The van der Waals surface area contributed by atoms with Gasteiger partial charge in [-0.25, -0.2) is 4.98 Å². The van der Waals surface area contributed by atoms with Crippen LogP contribution in [-0.4, -0.2) is 64.4 Å². The molecule has 0 radical (unpaired) electrons. The van der Waals surface area contributed by atoms with E-state index in [1.807, 2.05) is 24.3 Å². The van der Waals surface area contributed by atoms with Gasteiger partial charge < -0.3 is 30.0 Å². The molecule has 10 nitrogen and oxygen atoms in total. The normalized spacial score (nSPS) is 13.9. The average Bonchev–Trinajstić information content (AvgIpc) is 3.45. The number of nitrogen functional groups attached to an aromatic ring is 1. The van der Waals surface area contributed by atoms with E-state index in [1.165, 1.54) is 6.20 Å². The molecule has 0 atom stereocenters. The first-order valence-corrected chi connectivity index (χ1v) is 12.6. The van der Waals surface area contributed by atoms with Crippen LogP contribution in [0.2, 0.25) is 0 Å². The van der Waals surface area contributed by atoms with Crippen LogP contribution in [0.4, 0.5) is 5.69 Å². The second kappa shape index (κ2) is 11.8. The highest BCUT2D eigenvalue weighted by atomic mass is 16.5. The van der Waals surface area contributed by atoms with E-state index in [-0.39, 0.29) is 18.0 Å². The number of hydrogen-bond donors (Lipinski definition) is 3. The van der Waals surface area contributed by atoms with Crippen LogP contribution in [0.5, 0.6) is 17.2 Å². The molecule has 5 rings (SSSR count). The SMILES string of the molecule is N#Cc1cnc2cc(OCCCN3CCOCC3)ccc2c1OCc1cc(Cc2ncc[nH]2)cc(O)c1N. The number of hydrogen-bond acceptors (Lipinski definition) is 9. The third kappa shape index (κ3) is 5.96. The van der Waals surface area contributed by atoms with Crippen molar-refractivity contribution in [2.75, 3.05) is 45.2 Å². The zero-order valence-corrected chi connectivity index (χ0v) is 21.0. The van der Waals surface area contributed by atoms with Crippen molar-refractivity contribution in [1.82, 2.24) is 19.9 Å². The first-order chi connectivity index (χ1) is 18.6. The van der Waals surface area contributed by atoms with Crippen molar-refractivity contribution in [3.63, 3.8) is 0 Å². The van der Waals surface area contributed by atoms with Crippen LogP contribution < -0.4 is 15.2 Å². The van der Waals surface area contributed by atoms with Crippen molar-refractivity contribution < 1.29 is 19.3 Å². The molecule has 1 aliphatic heterocycles. The monoisotopic (exact) mass is 514 g/mol. The molecule has 0 saturated carbocycles. The Hall–Kier alpha value is -4.33. The van der Waals surface area contributed by atoms with Crippen LogP contribution in [0, 0.1) is 11.3 Å². The van der Waals surface area contributed by atoms with Gasteiger partial charge >= 0.3 is 0 Å². The number of aromatic nitrogens is 3. The topological polar surface area (TPSA) is 143 Å². The largest absolute Gasteiger partial charge is 0.506 e. The molecule has 1 saturated heterocycles. The number of nitrogens with one attached hydrogen (secondary N) is 1. The second-order valence-corrected chi connectivity index (χ2v) is 9.14. The van der Waals surface area contributed by atoms with Crippen molar-refractivity contribution in [2.45, 2.75) is 19.4 Å². The number of fused-ring (bicyclic) bond motifs is 1. The summed E-state index contributed by atoms with van der Waals surface area (Å²) >= 11 is 0. The molecule has 4 N–H and O–H groups in total. The van der Waals surface area contributed by atoms with Gasteiger partial charge in [-0.15, -0.1) is 0 Å². The minimum absolute atomic E-state index is 0.0249. The number of aromatic amines is 1. The summed E-state index contributed by atoms with van der Waals surface area (Å²) in [5, 5.41) is 20.8. The summed E-state index contributed by atoms with van der Waals surface area (Å²) in [4.78, 5) is 14.1. The molecular weight excluding hydrogens is 484 g/mol. The Bertz CT molecular complexity index is 1430. The first-order valence-electron chi connectivity index (χ1n) is 12.6. The third-order valence-electron chi connectivity index (χ3n) is 6.50. The van der Waals surface area contributed by atoms with Gasteiger partial charge in [-0.1, -0.05) is 0 Å². The van der Waals surface area contributed by atoms with Gasteiger partial charge in [-0.2, -0.15) is 5.26 Å². The van der Waals surface area contributed by atoms with Gasteiger partial charge in [0.1, 0.15) is 41.3 Å². The highest BCUT2D eigenvalue weighted by Gasteiger charge is 2.15. The lowest BCUT2D eigenvalue weighted by Crippen LogP contribution is -2.37. The summed E-state index contributed by atoms with van der Waals surface area (Å²) in [6.45, 7) is 5.14. The molecule has 4 aromatic rings. The molecule has 2 aromatic heterocycles. The van der Waals surface area contributed by atoms with E-state index >= 15 is 0 Å². The lowest BCUT2D eigenvalue weighted by molar-refractivity contribution is 0.0358. The molecule has 0 spiro atoms. The number of phenols is 1. The molecular formula is C28H30N6O4. The Labute approximate surface area is 220 Å². The van der Waals surface area contributed by atoms with Gasteiger partial charge in [0.15, 0.2) is 0 Å². The van der Waals surface area contributed by atoms with Crippen LogP contribution in [0.25, 0.3) is 10.9 Å². The fourth-order valence-corrected chi connectivity index (χ4v) is 4.50. The summed E-state index contributed by atoms with van der Waals surface area (Å²) in [6, 6.07) is 11.2. The lowest BCUT2D eigenvalue weighted by atomic mass is 10.1. The number of morpholine rings is 1. The van der Waals surface area contributed by atoms with E-state index in [2.05, 4.69) is 25.9 Å². The van der Waals surface area contributed by atoms with Crippen molar-refractivity contribution in [2.24, 2.45) is 0 Å². The number of benzene rings is 2. The van der Waals surface area contributed by atoms with E-state index in [9.17, 15) is 10.4 Å². The Kier molecular flexibility index (Phi) is 7.87. The molecule has 196 valence electrons. The maximum Gasteiger partial charge on any atom is 0.148 e. The van der Waals surface area contributed by atoms with Crippen molar-refractivity contribution in [3.8, 4) is 23.3 Å². The van der Waals surface area contributed by atoms with E-state index in [0.717, 1.165) is 50.7 Å². The molecule has 0 unspecified atom stereocenters. The number of aromatic hydroxyl groups is 1. The molecule has 2 aromatic carbocycles. The van der Waals surface area contributed by atoms with Crippen LogP contribution in [0.3, 0.4) is 0 Å². The molecule has 10 heteroatoms. The summed E-state index contributed by atoms with van der Waals surface area (Å²) in [5.74, 6) is 1.87. The summed E-state index contributed by atoms with van der Waals surface area (Å²) in [5.41, 5.74) is 8.79. The Morgan fingerprint density at radius 2 is 2.03 bits per heavy atom. The fourth-order valence-electron chi connectivity index (χ4n) is 4.50. The quantitative estimate of drug-likeness (QED) is 0.165. The predicted molar refractivity (Wildman–Crippen MR) is 142 cm³/mol. The predicted octanol–water partition coefficient (Wildman–Crippen LogP) is 3.39. The number of nitrogens with zero attached hydrogens (tertiary/aromatic N) is 4. The molecule has 1 aliphatic rings. The standard InChI is InChI=1S/C28H30N6O4/c29-16-21-17-33-24-15-22(37-9-1-6-34-7-10-36-11-8-34)2-3-23(24)28(21)38-18-20-12-19(13-25(35)27(20)30)14-26-31-4-5-32-26/h2-5,12-13,15,17,35H,1,6-11,14,18,30H2,(H,31,32). The molecule has 3 heterocycles. The zero-order chi connectivity index (χ0) is 26.3. The maximum absolute atomic E-state index is 10.4. The van der Waals surface area contributed by atoms with Gasteiger partial charge in [-0.3, -0.25) is 9.88 Å². The number of imidazole rings is 1. The Morgan fingerprint density at radius 1 is 1.16 bits per heavy atom. The van der Waals surface area contributed by atoms with Gasteiger partial charge in [0.25, 0.3) is 0 Å². The van der Waals surface area contributed by atoms with Crippen LogP contribution in [0.15, 0.2) is 48.9 Å². The average molecular weight is 515 g/mol. The van der Waals surface area contributed by atoms with Crippen LogP contribution >= 0.6 is 0 Å². The van der Waals surface area contributed by atoms with E-state index in [0.29, 0.717) is 46.6 Å². The fraction of sp³-hybridized carbons (Fsp3) is 0.321. The maximum atomic E-state index is 10.4. The summed E-state index contributed by atoms with van der Waals surface area (Å²) < 4.78 is 17.5. The van der Waals surface area contributed by atoms with Crippen molar-refractivity contribution in [1.29, 1.82) is 5.26 Å². The Morgan fingerprint density at radius 3 is 2.82 bits per heavy atom. The van der Waals surface area contributed by atoms with Gasteiger partial charge in [0.05, 0.1) is 31.0 Å². The zero-order valence-electron chi connectivity index (χ0n) is 21.0. The number of rotatable bonds is 10. The third-order valence-corrected chi connectivity index (χ3v) is 6.50. The molecule has 0 amide bonds. The minimum Gasteiger partial charge on any atom is -0.506 e. The molecule has 0 bridgehead atoms. The smallest absolute Gasteiger partial charge is 0.148 e. The lowest BCUT2D eigenvalue weighted by Gasteiger charge is -2.26. The number of nitrogens with two attached hydrogens (primary N) is 1. The van der Waals surface area contributed by atoms with E-state index in [1.54, 1.807) is 18.5 Å². The number of anilines is 1. The van der Waals surface area contributed by atoms with Crippen LogP contribution in [0.1, 0.15) is 28.9 Å². The van der Waals surface area contributed by atoms with E-state index in [4.69, 9.17) is 19.9 Å². The molecule has 1 fully saturated rings. The number of H-pyrrole nitrogens is 1. The highest BCUT2D eigenvalue weighted by molar-refractivity contribution is 5.88. The van der Waals surface area contributed by atoms with Gasteiger partial charge in [0.2, 0.25) is 0 Å². The number of pyridine rings is 1. The van der Waals surface area contributed by atoms with Crippen molar-refractivity contribution in [3.05, 3.63) is 71.4 Å². The Balaban J connectivity index is 1.29. The molecule has 0 aliphatic carbocycles. The molecule has 38 heavy (non-hydrogen) atoms. The number of ether oxygens (including phenoxy) is 3. The number of nitriles is 1. The summed E-state index contributed by atoms with van der Waals surface area (Å²) in [7, 11) is 0. The highest BCUT2D eigenvalue weighted by Crippen LogP contribution is 2.33. The van der Waals surface area contributed by atoms with Crippen LogP contribution in [-0.2, 0) is 17.8 Å². The summed E-state index contributed by atoms with van der Waals surface area (Å²) in [6.07, 6.45) is 6.34. The van der Waals surface area contributed by atoms with Gasteiger partial charge in [-0.05, 0) is 36.2 Å². The first kappa shape index (κ1) is 25.3. The number of phenolic OH excluding ortho intramolecular Hbond substituents is 1. The van der Waals surface area contributed by atoms with Gasteiger partial charge in [0, 0.05) is 61.7 Å². The minimum atomic E-state index is -0.0249. The second-order valence-electron chi connectivity index (χ2n) is 9.14. The van der Waals surface area contributed by atoms with E-state index < -0.39 is 0 Å².